The first-order valence-electron chi connectivity index (χ1n) is 14.1. The Balaban J connectivity index is 1.31. The molecule has 2 aliphatic carbocycles. The van der Waals surface area contributed by atoms with E-state index >= 15 is 0 Å². The number of rotatable bonds is 6. The molecule has 0 N–H and O–H groups in total. The van der Waals surface area contributed by atoms with Gasteiger partial charge in [0.25, 0.3) is 0 Å². The van der Waals surface area contributed by atoms with Gasteiger partial charge in [-0.15, -0.1) is 0 Å². The van der Waals surface area contributed by atoms with Crippen molar-refractivity contribution in [3.8, 4) is 44.5 Å². The van der Waals surface area contributed by atoms with Crippen molar-refractivity contribution in [2.45, 2.75) is 0 Å². The fourth-order valence-corrected chi connectivity index (χ4v) is 6.12. The van der Waals surface area contributed by atoms with E-state index in [4.69, 9.17) is 0 Å². The van der Waals surface area contributed by atoms with Crippen molar-refractivity contribution in [2.24, 2.45) is 0 Å². The lowest BCUT2D eigenvalue weighted by molar-refractivity contribution is 1.30. The van der Waals surface area contributed by atoms with Gasteiger partial charge in [0.05, 0.1) is 5.69 Å². The Kier molecular flexibility index (Phi) is 5.53. The molecule has 192 valence electrons. The maximum absolute atomic E-state index is 2.40. The first-order valence-corrected chi connectivity index (χ1v) is 14.1. The summed E-state index contributed by atoms with van der Waals surface area (Å²) in [7, 11) is 0. The minimum atomic E-state index is 1.13. The van der Waals surface area contributed by atoms with Gasteiger partial charge in [-0.3, -0.25) is 0 Å². The monoisotopic (exact) mass is 521 g/mol. The third kappa shape index (κ3) is 4.11. The summed E-state index contributed by atoms with van der Waals surface area (Å²) < 4.78 is 0. The Labute approximate surface area is 240 Å². The van der Waals surface area contributed by atoms with E-state index in [0.717, 1.165) is 17.1 Å². The molecule has 0 heterocycles. The Bertz CT molecular complexity index is 1930. The van der Waals surface area contributed by atoms with Gasteiger partial charge in [-0.2, -0.15) is 0 Å². The van der Waals surface area contributed by atoms with E-state index in [1.165, 1.54) is 55.3 Å². The van der Waals surface area contributed by atoms with E-state index < -0.39 is 0 Å². The summed E-state index contributed by atoms with van der Waals surface area (Å²) in [6, 6.07) is 59.1. The molecule has 0 aromatic heterocycles. The fraction of sp³-hybridized carbons (Fsp3) is 0. The lowest BCUT2D eigenvalue weighted by Gasteiger charge is -2.28. The zero-order valence-electron chi connectivity index (χ0n) is 22.5. The molecule has 6 aromatic carbocycles. The van der Waals surface area contributed by atoms with E-state index in [-0.39, 0.29) is 0 Å². The van der Waals surface area contributed by atoms with E-state index in [9.17, 15) is 0 Å². The summed E-state index contributed by atoms with van der Waals surface area (Å²) in [5.74, 6) is 0. The Hall–Kier alpha value is -5.40. The van der Waals surface area contributed by atoms with Crippen LogP contribution in [0.4, 0.5) is 17.1 Å². The molecule has 41 heavy (non-hydrogen) atoms. The SMILES string of the molecule is c1ccc(-c2ccc(N(c3ccc(-c4c5cccc4-5)cc3)c3cccc4cccc(-c5ccccc5)c34)cc2)cc1. The topological polar surface area (TPSA) is 3.24 Å². The molecule has 0 aliphatic heterocycles. The van der Waals surface area contributed by atoms with Crippen LogP contribution in [-0.2, 0) is 0 Å². The van der Waals surface area contributed by atoms with Gasteiger partial charge in [0, 0.05) is 16.8 Å². The van der Waals surface area contributed by atoms with Crippen LogP contribution in [0.2, 0.25) is 0 Å². The highest BCUT2D eigenvalue weighted by Gasteiger charge is 2.25. The molecule has 1 heteroatoms. The van der Waals surface area contributed by atoms with Crippen LogP contribution >= 0.6 is 0 Å². The van der Waals surface area contributed by atoms with Gasteiger partial charge in [-0.1, -0.05) is 133 Å². The number of hydrogen-bond donors (Lipinski definition) is 0. The Morgan fingerprint density at radius 3 is 1.44 bits per heavy atom. The van der Waals surface area contributed by atoms with Gasteiger partial charge >= 0.3 is 0 Å². The predicted octanol–water partition coefficient (Wildman–Crippen LogP) is 11.3. The smallest absolute Gasteiger partial charge is 0.0546 e. The average Bonchev–Trinajstić information content (AvgIpc) is 3.52. The molecule has 1 nitrogen and oxygen atoms in total. The van der Waals surface area contributed by atoms with Crippen LogP contribution in [-0.4, -0.2) is 0 Å². The number of benzene rings is 7. The summed E-state index contributed by atoms with van der Waals surface area (Å²) in [6.45, 7) is 0. The van der Waals surface area contributed by atoms with Crippen LogP contribution in [0, 0.1) is 0 Å². The van der Waals surface area contributed by atoms with Crippen LogP contribution in [0.3, 0.4) is 0 Å². The van der Waals surface area contributed by atoms with Crippen molar-refractivity contribution in [2.75, 3.05) is 4.90 Å². The molecule has 0 atom stereocenters. The zero-order chi connectivity index (χ0) is 27.2. The normalized spacial score (nSPS) is 11.4. The van der Waals surface area contributed by atoms with E-state index in [1.807, 2.05) is 0 Å². The number of hydrogen-bond acceptors (Lipinski definition) is 1. The number of nitrogens with zero attached hydrogens (tertiary/aromatic N) is 1. The Morgan fingerprint density at radius 1 is 0.317 bits per heavy atom. The maximum Gasteiger partial charge on any atom is 0.0546 e. The molecule has 0 radical (unpaired) electrons. The lowest BCUT2D eigenvalue weighted by Crippen LogP contribution is -2.10. The molecule has 0 unspecified atom stereocenters. The summed E-state index contributed by atoms with van der Waals surface area (Å²) in [4.78, 5) is 2.40. The summed E-state index contributed by atoms with van der Waals surface area (Å²) in [6.07, 6.45) is 0. The molecule has 0 spiro atoms. The quantitative estimate of drug-likeness (QED) is 0.210. The minimum Gasteiger partial charge on any atom is -0.310 e. The number of fused-ring (bicyclic) bond motifs is 2. The van der Waals surface area contributed by atoms with Crippen molar-refractivity contribution in [3.05, 3.63) is 164 Å². The maximum atomic E-state index is 2.40. The first-order chi connectivity index (χ1) is 20.3. The van der Waals surface area contributed by atoms with Gasteiger partial charge in [0.1, 0.15) is 0 Å². The highest BCUT2D eigenvalue weighted by molar-refractivity contribution is 6.09. The van der Waals surface area contributed by atoms with Crippen LogP contribution < -0.4 is 4.90 Å². The van der Waals surface area contributed by atoms with Crippen LogP contribution in [0.15, 0.2) is 164 Å². The first kappa shape index (κ1) is 23.5. The minimum absolute atomic E-state index is 1.13. The van der Waals surface area contributed by atoms with E-state index in [0.29, 0.717) is 0 Å². The van der Waals surface area contributed by atoms with Gasteiger partial charge in [0.2, 0.25) is 0 Å². The standard InChI is InChI=1S/C40H27N/c1-3-10-28(11-4-1)29-20-24-33(25-21-29)41(34-26-22-32(23-27-34)39-36-17-9-18-37(36)39)38-19-8-15-31-14-7-16-35(40(31)38)30-12-5-2-6-13-30/h1-27H. The molecule has 0 amide bonds. The summed E-state index contributed by atoms with van der Waals surface area (Å²) in [5, 5.41) is 2.47. The van der Waals surface area contributed by atoms with Crippen molar-refractivity contribution >= 4 is 27.8 Å². The van der Waals surface area contributed by atoms with Crippen LogP contribution in [0.25, 0.3) is 55.3 Å². The average molecular weight is 522 g/mol. The van der Waals surface area contributed by atoms with Gasteiger partial charge < -0.3 is 4.90 Å². The molecule has 8 rings (SSSR count). The van der Waals surface area contributed by atoms with Crippen LogP contribution in [0.1, 0.15) is 0 Å². The molecule has 6 aromatic rings. The van der Waals surface area contributed by atoms with Gasteiger partial charge in [-0.25, -0.2) is 0 Å². The molecular weight excluding hydrogens is 494 g/mol. The molecule has 0 saturated carbocycles. The largest absolute Gasteiger partial charge is 0.310 e. The second-order valence-electron chi connectivity index (χ2n) is 10.6. The predicted molar refractivity (Wildman–Crippen MR) is 174 cm³/mol. The Morgan fingerprint density at radius 2 is 0.805 bits per heavy atom. The second-order valence-corrected chi connectivity index (χ2v) is 10.6. The lowest BCUT2D eigenvalue weighted by atomic mass is 9.96. The summed E-state index contributed by atoms with van der Waals surface area (Å²) in [5.41, 5.74) is 13.7. The molecule has 0 bridgehead atoms. The van der Waals surface area contributed by atoms with Gasteiger partial charge in [0.15, 0.2) is 0 Å². The fourth-order valence-electron chi connectivity index (χ4n) is 6.12. The summed E-state index contributed by atoms with van der Waals surface area (Å²) >= 11 is 0. The van der Waals surface area contributed by atoms with E-state index in [1.54, 1.807) is 0 Å². The van der Waals surface area contributed by atoms with Crippen molar-refractivity contribution < 1.29 is 0 Å². The molecular formula is C40H27N. The molecule has 0 saturated heterocycles. The van der Waals surface area contributed by atoms with E-state index in [2.05, 4.69) is 169 Å². The van der Waals surface area contributed by atoms with Crippen LogP contribution in [0.5, 0.6) is 0 Å². The highest BCUT2D eigenvalue weighted by atomic mass is 15.1. The third-order valence-electron chi connectivity index (χ3n) is 8.15. The zero-order valence-corrected chi connectivity index (χ0v) is 22.5. The highest BCUT2D eigenvalue weighted by Crippen LogP contribution is 2.51. The van der Waals surface area contributed by atoms with Crippen molar-refractivity contribution in [3.63, 3.8) is 0 Å². The third-order valence-corrected chi connectivity index (χ3v) is 8.15. The number of anilines is 3. The van der Waals surface area contributed by atoms with Gasteiger partial charge in [-0.05, 0) is 80.2 Å². The van der Waals surface area contributed by atoms with Crippen molar-refractivity contribution in [1.82, 2.24) is 0 Å². The molecule has 0 fully saturated rings. The molecule has 2 aliphatic rings. The second kappa shape index (κ2) is 9.66. The van der Waals surface area contributed by atoms with Crippen molar-refractivity contribution in [1.29, 1.82) is 0 Å².